The number of carbonyl (C=O) groups excluding carboxylic acids is 1. The summed E-state index contributed by atoms with van der Waals surface area (Å²) >= 11 is 0. The van der Waals surface area contributed by atoms with Crippen molar-refractivity contribution in [1.82, 2.24) is 0 Å². The molecular weight excluding hydrogens is 284 g/mol. The molecule has 0 amide bonds. The first-order valence-corrected chi connectivity index (χ1v) is 8.41. The van der Waals surface area contributed by atoms with Crippen molar-refractivity contribution >= 4 is 16.1 Å². The van der Waals surface area contributed by atoms with Crippen molar-refractivity contribution < 1.29 is 13.2 Å². The van der Waals surface area contributed by atoms with Crippen LogP contribution in [0.3, 0.4) is 0 Å². The van der Waals surface area contributed by atoms with Crippen molar-refractivity contribution in [3.63, 3.8) is 0 Å². The van der Waals surface area contributed by atoms with Crippen molar-refractivity contribution in [3.8, 4) is 0 Å². The summed E-state index contributed by atoms with van der Waals surface area (Å²) in [6.45, 7) is 1.98. The Morgan fingerprint density at radius 2 is 1.57 bits per heavy atom. The van der Waals surface area contributed by atoms with E-state index in [9.17, 15) is 13.2 Å². The van der Waals surface area contributed by atoms with Gasteiger partial charge in [0.1, 0.15) is 6.29 Å². The summed E-state index contributed by atoms with van der Waals surface area (Å²) in [6.07, 6.45) is 0.773. The second kappa shape index (κ2) is 5.11. The number of sulfone groups is 1. The van der Waals surface area contributed by atoms with E-state index in [2.05, 4.69) is 0 Å². The number of hydrogen-bond acceptors (Lipinski definition) is 3. The second-order valence-corrected chi connectivity index (χ2v) is 7.58. The van der Waals surface area contributed by atoms with Gasteiger partial charge in [0.2, 0.25) is 0 Å². The maximum Gasteiger partial charge on any atom is 0.182 e. The maximum absolute atomic E-state index is 12.7. The first kappa shape index (κ1) is 14.0. The molecule has 0 aliphatic heterocycles. The minimum Gasteiger partial charge on any atom is -0.303 e. The van der Waals surface area contributed by atoms with E-state index in [1.54, 1.807) is 30.3 Å². The van der Waals surface area contributed by atoms with E-state index < -0.39 is 21.0 Å². The largest absolute Gasteiger partial charge is 0.303 e. The molecular formula is C17H16O3S. The molecule has 1 aliphatic carbocycles. The average molecular weight is 300 g/mol. The van der Waals surface area contributed by atoms with Gasteiger partial charge in [-0.15, -0.1) is 0 Å². The molecule has 1 aliphatic rings. The lowest BCUT2D eigenvalue weighted by molar-refractivity contribution is -0.108. The van der Waals surface area contributed by atoms with Crippen LogP contribution in [0, 0.1) is 12.8 Å². The fraction of sp³-hybridized carbons (Fsp3) is 0.235. The highest BCUT2D eigenvalue weighted by Gasteiger charge is 2.58. The molecule has 0 bridgehead atoms. The fourth-order valence-corrected chi connectivity index (χ4v) is 4.97. The lowest BCUT2D eigenvalue weighted by atomic mass is 10.1. The van der Waals surface area contributed by atoms with Crippen LogP contribution < -0.4 is 0 Å². The average Bonchev–Trinajstić information content (AvgIpc) is 3.24. The van der Waals surface area contributed by atoms with Gasteiger partial charge in [-0.3, -0.25) is 0 Å². The number of carbonyl (C=O) groups is 1. The van der Waals surface area contributed by atoms with Gasteiger partial charge in [-0.05, 0) is 24.6 Å². The van der Waals surface area contributed by atoms with Crippen LogP contribution in [0.4, 0.5) is 0 Å². The Morgan fingerprint density at radius 1 is 0.952 bits per heavy atom. The summed E-state index contributed by atoms with van der Waals surface area (Å²) < 4.78 is 25.3. The van der Waals surface area contributed by atoms with Crippen molar-refractivity contribution in [2.75, 3.05) is 0 Å². The zero-order chi connectivity index (χ0) is 15.0. The highest BCUT2D eigenvalue weighted by atomic mass is 32.2. The summed E-state index contributed by atoms with van der Waals surface area (Å²) in [6, 6.07) is 16.1. The molecule has 4 heteroatoms. The first-order valence-electron chi connectivity index (χ1n) is 6.86. The van der Waals surface area contributed by atoms with Crippen molar-refractivity contribution in [3.05, 3.63) is 65.7 Å². The Hall–Kier alpha value is -1.94. The zero-order valence-corrected chi connectivity index (χ0v) is 12.5. The van der Waals surface area contributed by atoms with Crippen molar-refractivity contribution in [1.29, 1.82) is 0 Å². The third-order valence-electron chi connectivity index (χ3n) is 4.06. The number of aldehydes is 1. The molecule has 0 N–H and O–H groups in total. The quantitative estimate of drug-likeness (QED) is 0.816. The molecule has 108 valence electrons. The highest BCUT2D eigenvalue weighted by molar-refractivity contribution is 7.92. The predicted molar refractivity (Wildman–Crippen MR) is 80.9 cm³/mol. The van der Waals surface area contributed by atoms with Gasteiger partial charge in [-0.25, -0.2) is 8.42 Å². The Labute approximate surface area is 124 Å². The normalized spacial score (nSPS) is 24.5. The summed E-state index contributed by atoms with van der Waals surface area (Å²) in [5, 5.41) is -0.639. The molecule has 21 heavy (non-hydrogen) atoms. The molecule has 0 radical (unpaired) electrons. The highest BCUT2D eigenvalue weighted by Crippen LogP contribution is 2.52. The summed E-state index contributed by atoms with van der Waals surface area (Å²) in [7, 11) is -3.47. The van der Waals surface area contributed by atoms with Crippen LogP contribution in [-0.4, -0.2) is 20.0 Å². The molecule has 0 saturated heterocycles. The van der Waals surface area contributed by atoms with Gasteiger partial charge < -0.3 is 4.79 Å². The molecule has 1 fully saturated rings. The molecule has 0 heterocycles. The molecule has 1 saturated carbocycles. The Kier molecular flexibility index (Phi) is 3.41. The van der Waals surface area contributed by atoms with E-state index in [0.717, 1.165) is 17.4 Å². The zero-order valence-electron chi connectivity index (χ0n) is 11.6. The number of hydrogen-bond donors (Lipinski definition) is 0. The molecule has 3 rings (SSSR count). The van der Waals surface area contributed by atoms with Gasteiger partial charge in [-0.1, -0.05) is 48.0 Å². The Balaban J connectivity index is 1.96. The lowest BCUT2D eigenvalue weighted by Gasteiger charge is -2.04. The number of rotatable bonds is 4. The van der Waals surface area contributed by atoms with Crippen LogP contribution in [-0.2, 0) is 14.6 Å². The lowest BCUT2D eigenvalue weighted by Crippen LogP contribution is -2.10. The maximum atomic E-state index is 12.7. The topological polar surface area (TPSA) is 51.2 Å². The third kappa shape index (κ3) is 2.40. The Morgan fingerprint density at radius 3 is 2.14 bits per heavy atom. The third-order valence-corrected chi connectivity index (χ3v) is 6.31. The van der Waals surface area contributed by atoms with E-state index in [1.807, 2.05) is 31.2 Å². The van der Waals surface area contributed by atoms with Gasteiger partial charge in [0.05, 0.1) is 10.1 Å². The smallest absolute Gasteiger partial charge is 0.182 e. The van der Waals surface area contributed by atoms with Gasteiger partial charge in [0.25, 0.3) is 0 Å². The van der Waals surface area contributed by atoms with E-state index >= 15 is 0 Å². The SMILES string of the molecule is Cc1ccc([C@@H]2[C@H](C=O)[C@H]2S(=O)(=O)c2ccccc2)cc1. The molecule has 3 nitrogen and oxygen atoms in total. The minimum atomic E-state index is -3.47. The van der Waals surface area contributed by atoms with Crippen LogP contribution in [0.25, 0.3) is 0 Å². The van der Waals surface area contributed by atoms with E-state index in [1.165, 1.54) is 0 Å². The van der Waals surface area contributed by atoms with Gasteiger partial charge >= 0.3 is 0 Å². The second-order valence-electron chi connectivity index (χ2n) is 5.47. The van der Waals surface area contributed by atoms with Gasteiger partial charge in [0.15, 0.2) is 9.84 Å². The molecule has 3 atom stereocenters. The minimum absolute atomic E-state index is 0.228. The summed E-state index contributed by atoms with van der Waals surface area (Å²) in [5.41, 5.74) is 2.03. The van der Waals surface area contributed by atoms with Crippen LogP contribution in [0.2, 0.25) is 0 Å². The van der Waals surface area contributed by atoms with E-state index in [0.29, 0.717) is 0 Å². The van der Waals surface area contributed by atoms with Crippen molar-refractivity contribution in [2.45, 2.75) is 23.0 Å². The summed E-state index contributed by atoms with van der Waals surface area (Å²) in [5.74, 6) is -0.675. The van der Waals surface area contributed by atoms with Gasteiger partial charge in [-0.2, -0.15) is 0 Å². The summed E-state index contributed by atoms with van der Waals surface area (Å²) in [4.78, 5) is 11.5. The fourth-order valence-electron chi connectivity index (χ4n) is 2.84. The molecule has 0 spiro atoms. The van der Waals surface area contributed by atoms with Gasteiger partial charge in [0, 0.05) is 11.8 Å². The number of aryl methyl sites for hydroxylation is 1. The first-order chi connectivity index (χ1) is 10.1. The van der Waals surface area contributed by atoms with Crippen LogP contribution in [0.1, 0.15) is 17.0 Å². The van der Waals surface area contributed by atoms with Crippen LogP contribution in [0.5, 0.6) is 0 Å². The molecule has 2 aromatic carbocycles. The molecule has 2 aromatic rings. The molecule has 0 unspecified atom stereocenters. The van der Waals surface area contributed by atoms with E-state index in [-0.39, 0.29) is 10.8 Å². The van der Waals surface area contributed by atoms with Crippen molar-refractivity contribution in [2.24, 2.45) is 5.92 Å². The Bertz CT molecular complexity index is 748. The monoisotopic (exact) mass is 300 g/mol. The standard InChI is InChI=1S/C17H16O3S/c1-12-7-9-13(10-8-12)16-15(11-18)17(16)21(19,20)14-5-3-2-4-6-14/h2-11,15-17H,1H3/t15-,16+,17+/m0/s1. The van der Waals surface area contributed by atoms with Crippen LogP contribution >= 0.6 is 0 Å². The van der Waals surface area contributed by atoms with E-state index in [4.69, 9.17) is 0 Å². The number of benzene rings is 2. The predicted octanol–water partition coefficient (Wildman–Crippen LogP) is 2.75. The van der Waals surface area contributed by atoms with Crippen LogP contribution in [0.15, 0.2) is 59.5 Å². The molecule has 0 aromatic heterocycles.